The van der Waals surface area contributed by atoms with E-state index in [1.165, 1.54) is 11.8 Å². The monoisotopic (exact) mass is 761 g/mol. The Morgan fingerprint density at radius 3 is 2.00 bits per heavy atom. The van der Waals surface area contributed by atoms with Gasteiger partial charge in [0, 0.05) is 21.8 Å². The average Bonchev–Trinajstić information content (AvgIpc) is 3.23. The van der Waals surface area contributed by atoms with Gasteiger partial charge in [-0.15, -0.1) is 11.8 Å². The predicted octanol–water partition coefficient (Wildman–Crippen LogP) is 9.32. The first-order chi connectivity index (χ1) is 27.3. The Kier molecular flexibility index (Phi) is 13.5. The van der Waals surface area contributed by atoms with Gasteiger partial charge in [-0.05, 0) is 96.4 Å². The molecule has 0 aliphatic carbocycles. The van der Waals surface area contributed by atoms with Crippen LogP contribution < -0.4 is 20.7 Å². The van der Waals surface area contributed by atoms with Crippen LogP contribution in [0.3, 0.4) is 0 Å². The van der Waals surface area contributed by atoms with E-state index in [4.69, 9.17) is 9.47 Å². The summed E-state index contributed by atoms with van der Waals surface area (Å²) in [5.41, 5.74) is 4.30. The Balaban J connectivity index is 1.19. The zero-order chi connectivity index (χ0) is 39.1. The molecule has 0 aromatic heterocycles. The predicted molar refractivity (Wildman–Crippen MR) is 220 cm³/mol. The molecule has 10 heteroatoms. The minimum absolute atomic E-state index is 0.0328. The Morgan fingerprint density at radius 2 is 1.32 bits per heavy atom. The number of ether oxygens (including phenoxy) is 2. The van der Waals surface area contributed by atoms with Gasteiger partial charge >= 0.3 is 5.97 Å². The van der Waals surface area contributed by atoms with Crippen LogP contribution in [-0.4, -0.2) is 30.3 Å². The molecule has 3 N–H and O–H groups in total. The molecule has 6 rings (SSSR count). The molecule has 9 nitrogen and oxygen atoms in total. The van der Waals surface area contributed by atoms with Gasteiger partial charge in [-0.25, -0.2) is 4.79 Å². The molecule has 56 heavy (non-hydrogen) atoms. The second kappa shape index (κ2) is 19.4. The molecule has 0 bridgehead atoms. The summed E-state index contributed by atoms with van der Waals surface area (Å²) in [5.74, 6) is -1.02. The van der Waals surface area contributed by atoms with Crippen molar-refractivity contribution in [3.63, 3.8) is 0 Å². The van der Waals surface area contributed by atoms with Crippen LogP contribution in [0.2, 0.25) is 0 Å². The zero-order valence-corrected chi connectivity index (χ0v) is 31.3. The Morgan fingerprint density at radius 1 is 0.661 bits per heavy atom. The van der Waals surface area contributed by atoms with Crippen LogP contribution in [0.4, 0.5) is 11.4 Å². The number of carbonyl (C=O) groups is 4. The molecule has 1 unspecified atom stereocenters. The number of rotatable bonds is 15. The molecule has 3 amide bonds. The number of esters is 1. The van der Waals surface area contributed by atoms with Crippen molar-refractivity contribution in [3.05, 3.63) is 197 Å². The average molecular weight is 762 g/mol. The van der Waals surface area contributed by atoms with E-state index in [1.54, 1.807) is 79.7 Å². The topological polar surface area (TPSA) is 123 Å². The van der Waals surface area contributed by atoms with E-state index in [0.717, 1.165) is 16.0 Å². The smallest absolute Gasteiger partial charge is 0.338 e. The Hall–Kier alpha value is -6.91. The SMILES string of the molecule is CCOC(=O)c1ccc(NC(=O)C(Sc2cccc(NC(=O)/C(=C/c3ccc(OCc4ccccc4)cc3)NC(=O)c3ccccc3)c2)c2ccccc2)cc1. The molecule has 0 spiro atoms. The summed E-state index contributed by atoms with van der Waals surface area (Å²) in [4.78, 5) is 53.7. The highest BCUT2D eigenvalue weighted by Gasteiger charge is 2.23. The molecule has 6 aromatic rings. The standard InChI is InChI=1S/C46H39N3O6S/c1-2-54-46(53)36-23-25-37(26-24-36)47-45(52)42(34-15-8-4-9-16-34)56-40-20-12-19-38(30-40)48-44(51)41(49-43(50)35-17-10-5-11-18-35)29-32-21-27-39(28-22-32)55-31-33-13-6-3-7-14-33/h3-30,42H,2,31H2,1H3,(H,47,52)(H,48,51)(H,49,50)/b41-29-. The van der Waals surface area contributed by atoms with Crippen molar-refractivity contribution in [2.24, 2.45) is 0 Å². The van der Waals surface area contributed by atoms with Crippen LogP contribution in [0.15, 0.2) is 174 Å². The molecule has 0 saturated heterocycles. The third-order valence-electron chi connectivity index (χ3n) is 8.32. The quantitative estimate of drug-likeness (QED) is 0.0542. The van der Waals surface area contributed by atoms with Gasteiger partial charge < -0.3 is 25.4 Å². The molecule has 0 saturated carbocycles. The summed E-state index contributed by atoms with van der Waals surface area (Å²) in [6, 6.07) is 48.7. The fraction of sp³-hybridized carbons (Fsp3) is 0.0870. The number of hydrogen-bond donors (Lipinski definition) is 3. The number of benzene rings is 6. The second-order valence-corrected chi connectivity index (χ2v) is 13.6. The Bertz CT molecular complexity index is 2280. The lowest BCUT2D eigenvalue weighted by molar-refractivity contribution is -0.116. The third kappa shape index (κ3) is 11.1. The number of amides is 3. The molecule has 1 atom stereocenters. The van der Waals surface area contributed by atoms with Crippen LogP contribution in [0.5, 0.6) is 5.75 Å². The summed E-state index contributed by atoms with van der Waals surface area (Å²) in [6.07, 6.45) is 1.60. The number of nitrogens with one attached hydrogen (secondary N) is 3. The maximum atomic E-state index is 13.9. The van der Waals surface area contributed by atoms with Crippen LogP contribution >= 0.6 is 11.8 Å². The lowest BCUT2D eigenvalue weighted by Crippen LogP contribution is -2.30. The van der Waals surface area contributed by atoms with Gasteiger partial charge in [0.25, 0.3) is 11.8 Å². The highest BCUT2D eigenvalue weighted by molar-refractivity contribution is 8.00. The fourth-order valence-corrected chi connectivity index (χ4v) is 6.59. The van der Waals surface area contributed by atoms with Crippen LogP contribution in [0.1, 0.15) is 49.6 Å². The van der Waals surface area contributed by atoms with E-state index >= 15 is 0 Å². The molecule has 0 fully saturated rings. The van der Waals surface area contributed by atoms with Crippen molar-refractivity contribution < 1.29 is 28.7 Å². The van der Waals surface area contributed by atoms with E-state index in [2.05, 4.69) is 16.0 Å². The summed E-state index contributed by atoms with van der Waals surface area (Å²) in [7, 11) is 0. The largest absolute Gasteiger partial charge is 0.489 e. The van der Waals surface area contributed by atoms with Crippen LogP contribution in [0, 0.1) is 0 Å². The summed E-state index contributed by atoms with van der Waals surface area (Å²) in [5, 5.41) is 7.99. The second-order valence-electron chi connectivity index (χ2n) is 12.4. The summed E-state index contributed by atoms with van der Waals surface area (Å²) in [6.45, 7) is 2.42. The highest BCUT2D eigenvalue weighted by Crippen LogP contribution is 2.37. The summed E-state index contributed by atoms with van der Waals surface area (Å²) < 4.78 is 11.0. The van der Waals surface area contributed by atoms with Crippen LogP contribution in [0.25, 0.3) is 6.08 Å². The van der Waals surface area contributed by atoms with Crippen LogP contribution in [-0.2, 0) is 20.9 Å². The minimum atomic E-state index is -0.660. The molecular weight excluding hydrogens is 723 g/mol. The molecule has 6 aromatic carbocycles. The van der Waals surface area contributed by atoms with Gasteiger partial charge in [0.15, 0.2) is 0 Å². The molecular formula is C46H39N3O6S. The van der Waals surface area contributed by atoms with Crippen molar-refractivity contribution in [1.82, 2.24) is 5.32 Å². The first-order valence-electron chi connectivity index (χ1n) is 17.9. The number of carbonyl (C=O) groups excluding carboxylic acids is 4. The number of anilines is 2. The Labute approximate surface area is 329 Å². The molecule has 0 heterocycles. The van der Waals surface area contributed by atoms with Gasteiger partial charge in [-0.2, -0.15) is 0 Å². The third-order valence-corrected chi connectivity index (χ3v) is 9.57. The fourth-order valence-electron chi connectivity index (χ4n) is 5.50. The first-order valence-corrected chi connectivity index (χ1v) is 18.8. The maximum Gasteiger partial charge on any atom is 0.338 e. The maximum absolute atomic E-state index is 13.9. The highest BCUT2D eigenvalue weighted by atomic mass is 32.2. The first kappa shape index (κ1) is 38.8. The van der Waals surface area contributed by atoms with Crippen molar-refractivity contribution in [2.75, 3.05) is 17.2 Å². The van der Waals surface area contributed by atoms with Gasteiger partial charge in [0.05, 0.1) is 12.2 Å². The molecule has 0 aliphatic heterocycles. The summed E-state index contributed by atoms with van der Waals surface area (Å²) >= 11 is 1.31. The molecule has 0 aliphatic rings. The minimum Gasteiger partial charge on any atom is -0.489 e. The van der Waals surface area contributed by atoms with Gasteiger partial charge in [0.1, 0.15) is 23.3 Å². The van der Waals surface area contributed by atoms with E-state index in [-0.39, 0.29) is 18.2 Å². The number of hydrogen-bond acceptors (Lipinski definition) is 7. The van der Waals surface area contributed by atoms with E-state index in [0.29, 0.717) is 40.4 Å². The normalized spacial score (nSPS) is 11.5. The molecule has 280 valence electrons. The lowest BCUT2D eigenvalue weighted by atomic mass is 10.1. The zero-order valence-electron chi connectivity index (χ0n) is 30.5. The lowest BCUT2D eigenvalue weighted by Gasteiger charge is -2.18. The van der Waals surface area contributed by atoms with Gasteiger partial charge in [-0.1, -0.05) is 97.1 Å². The van der Waals surface area contributed by atoms with Crippen molar-refractivity contribution in [2.45, 2.75) is 23.7 Å². The van der Waals surface area contributed by atoms with Crippen molar-refractivity contribution in [3.8, 4) is 5.75 Å². The van der Waals surface area contributed by atoms with Crippen molar-refractivity contribution in [1.29, 1.82) is 0 Å². The van der Waals surface area contributed by atoms with Gasteiger partial charge in [-0.3, -0.25) is 14.4 Å². The van der Waals surface area contributed by atoms with E-state index in [1.807, 2.05) is 97.1 Å². The van der Waals surface area contributed by atoms with E-state index < -0.39 is 23.0 Å². The number of thioether (sulfide) groups is 1. The molecule has 0 radical (unpaired) electrons. The van der Waals surface area contributed by atoms with Crippen molar-refractivity contribution >= 4 is 52.9 Å². The van der Waals surface area contributed by atoms with Gasteiger partial charge in [0.2, 0.25) is 5.91 Å². The van der Waals surface area contributed by atoms with E-state index in [9.17, 15) is 19.2 Å².